The molecule has 2 rings (SSSR count). The third-order valence-electron chi connectivity index (χ3n) is 3.83. The minimum Gasteiger partial charge on any atom is -0.396 e. The van der Waals surface area contributed by atoms with Crippen LogP contribution in [0, 0.1) is 5.41 Å². The Balaban J connectivity index is 2.01. The highest BCUT2D eigenvalue weighted by atomic mass is 35.5. The Morgan fingerprint density at radius 2 is 1.89 bits per heavy atom. The van der Waals surface area contributed by atoms with Gasteiger partial charge in [0.15, 0.2) is 0 Å². The van der Waals surface area contributed by atoms with Gasteiger partial charge in [-0.2, -0.15) is 0 Å². The molecule has 0 radical (unpaired) electrons. The Kier molecular flexibility index (Phi) is 4.77. The number of hydrogen-bond acceptors (Lipinski definition) is 2. The largest absolute Gasteiger partial charge is 0.396 e. The van der Waals surface area contributed by atoms with Crippen molar-refractivity contribution in [2.45, 2.75) is 32.1 Å². The van der Waals surface area contributed by atoms with Crippen LogP contribution in [0.5, 0.6) is 0 Å². The first-order chi connectivity index (χ1) is 8.65. The lowest BCUT2D eigenvalue weighted by Gasteiger charge is -2.36. The summed E-state index contributed by atoms with van der Waals surface area (Å²) >= 11 is 12.0. The van der Waals surface area contributed by atoms with E-state index in [0.717, 1.165) is 25.1 Å². The van der Waals surface area contributed by atoms with Crippen LogP contribution in [0.4, 0.5) is 5.69 Å². The zero-order chi connectivity index (χ0) is 13.0. The third kappa shape index (κ3) is 3.31. The highest BCUT2D eigenvalue weighted by Gasteiger charge is 2.31. The summed E-state index contributed by atoms with van der Waals surface area (Å²) in [6.07, 6.45) is 5.86. The van der Waals surface area contributed by atoms with Crippen LogP contribution in [0.25, 0.3) is 0 Å². The van der Waals surface area contributed by atoms with Gasteiger partial charge in [-0.05, 0) is 31.0 Å². The van der Waals surface area contributed by atoms with E-state index in [2.05, 4.69) is 5.32 Å². The Bertz CT molecular complexity index is 403. The Labute approximate surface area is 118 Å². The predicted molar refractivity (Wildman–Crippen MR) is 77.6 cm³/mol. The first-order valence-corrected chi connectivity index (χ1v) is 7.21. The average molecular weight is 288 g/mol. The molecular formula is C14H19Cl2NO. The zero-order valence-corrected chi connectivity index (χ0v) is 11.9. The van der Waals surface area contributed by atoms with Crippen molar-refractivity contribution in [3.63, 3.8) is 0 Å². The van der Waals surface area contributed by atoms with E-state index >= 15 is 0 Å². The van der Waals surface area contributed by atoms with Crippen molar-refractivity contribution in [1.29, 1.82) is 0 Å². The molecule has 0 saturated heterocycles. The lowest BCUT2D eigenvalue weighted by atomic mass is 9.74. The molecule has 1 aliphatic carbocycles. The van der Waals surface area contributed by atoms with Gasteiger partial charge >= 0.3 is 0 Å². The number of halogens is 2. The van der Waals surface area contributed by atoms with Crippen molar-refractivity contribution < 1.29 is 5.11 Å². The summed E-state index contributed by atoms with van der Waals surface area (Å²) in [5, 5.41) is 14.3. The van der Waals surface area contributed by atoms with Gasteiger partial charge in [0.1, 0.15) is 0 Å². The van der Waals surface area contributed by atoms with E-state index in [-0.39, 0.29) is 12.0 Å². The van der Waals surface area contributed by atoms with Crippen LogP contribution < -0.4 is 5.32 Å². The number of aliphatic hydroxyl groups excluding tert-OH is 1. The van der Waals surface area contributed by atoms with Crippen molar-refractivity contribution in [3.8, 4) is 0 Å². The number of rotatable bonds is 4. The number of aliphatic hydroxyl groups is 1. The molecule has 2 N–H and O–H groups in total. The van der Waals surface area contributed by atoms with E-state index in [9.17, 15) is 5.11 Å². The summed E-state index contributed by atoms with van der Waals surface area (Å²) < 4.78 is 0. The van der Waals surface area contributed by atoms with E-state index in [1.165, 1.54) is 19.3 Å². The molecule has 0 atom stereocenters. The van der Waals surface area contributed by atoms with Crippen molar-refractivity contribution >= 4 is 28.9 Å². The molecule has 0 unspecified atom stereocenters. The molecule has 18 heavy (non-hydrogen) atoms. The fraction of sp³-hybridized carbons (Fsp3) is 0.571. The monoisotopic (exact) mass is 287 g/mol. The van der Waals surface area contributed by atoms with Crippen LogP contribution in [0.15, 0.2) is 18.2 Å². The van der Waals surface area contributed by atoms with Gasteiger partial charge in [-0.25, -0.2) is 0 Å². The third-order valence-corrected chi connectivity index (χ3v) is 4.38. The normalized spacial score (nSPS) is 18.6. The van der Waals surface area contributed by atoms with Gasteiger partial charge in [0.2, 0.25) is 0 Å². The van der Waals surface area contributed by atoms with Crippen molar-refractivity contribution in [2.24, 2.45) is 5.41 Å². The maximum atomic E-state index is 9.64. The lowest BCUT2D eigenvalue weighted by Crippen LogP contribution is -2.35. The highest BCUT2D eigenvalue weighted by molar-refractivity contribution is 6.36. The summed E-state index contributed by atoms with van der Waals surface area (Å²) in [6.45, 7) is 1.01. The summed E-state index contributed by atoms with van der Waals surface area (Å²) in [5.41, 5.74) is 0.903. The van der Waals surface area contributed by atoms with E-state index in [1.54, 1.807) is 6.07 Å². The molecule has 0 spiro atoms. The molecule has 0 heterocycles. The second-order valence-electron chi connectivity index (χ2n) is 5.20. The topological polar surface area (TPSA) is 32.3 Å². The zero-order valence-electron chi connectivity index (χ0n) is 10.4. The Hall–Kier alpha value is -0.440. The molecule has 0 amide bonds. The summed E-state index contributed by atoms with van der Waals surface area (Å²) in [5.74, 6) is 0. The molecule has 1 fully saturated rings. The second kappa shape index (κ2) is 6.14. The minimum atomic E-state index is 0.0151. The molecule has 0 aliphatic heterocycles. The average Bonchev–Trinajstić information content (AvgIpc) is 2.39. The van der Waals surface area contributed by atoms with Crippen LogP contribution in [0.1, 0.15) is 32.1 Å². The maximum Gasteiger partial charge on any atom is 0.0652 e. The van der Waals surface area contributed by atoms with Gasteiger partial charge in [0.05, 0.1) is 17.3 Å². The fourth-order valence-corrected chi connectivity index (χ4v) is 3.08. The minimum absolute atomic E-state index is 0.0151. The first kappa shape index (κ1) is 14.0. The Morgan fingerprint density at radius 3 is 2.50 bits per heavy atom. The van der Waals surface area contributed by atoms with Crippen LogP contribution in [-0.2, 0) is 0 Å². The van der Waals surface area contributed by atoms with E-state index in [0.29, 0.717) is 10.0 Å². The van der Waals surface area contributed by atoms with Crippen LogP contribution >= 0.6 is 23.2 Å². The summed E-state index contributed by atoms with van der Waals surface area (Å²) in [7, 11) is 0. The molecule has 100 valence electrons. The van der Waals surface area contributed by atoms with Crippen LogP contribution in [0.2, 0.25) is 10.0 Å². The molecule has 1 aliphatic rings. The van der Waals surface area contributed by atoms with Crippen molar-refractivity contribution in [1.82, 2.24) is 0 Å². The Morgan fingerprint density at radius 1 is 1.17 bits per heavy atom. The van der Waals surface area contributed by atoms with E-state index in [4.69, 9.17) is 23.2 Å². The highest BCUT2D eigenvalue weighted by Crippen LogP contribution is 2.36. The number of hydrogen-bond donors (Lipinski definition) is 2. The number of benzene rings is 1. The summed E-state index contributed by atoms with van der Waals surface area (Å²) in [4.78, 5) is 0. The van der Waals surface area contributed by atoms with Gasteiger partial charge in [-0.15, -0.1) is 0 Å². The molecule has 4 heteroatoms. The molecule has 2 nitrogen and oxygen atoms in total. The van der Waals surface area contributed by atoms with Gasteiger partial charge in [-0.3, -0.25) is 0 Å². The van der Waals surface area contributed by atoms with Crippen molar-refractivity contribution in [3.05, 3.63) is 28.2 Å². The molecule has 0 bridgehead atoms. The first-order valence-electron chi connectivity index (χ1n) is 6.45. The van der Waals surface area contributed by atoms with E-state index < -0.39 is 0 Å². The smallest absolute Gasteiger partial charge is 0.0652 e. The van der Waals surface area contributed by atoms with Gasteiger partial charge in [0.25, 0.3) is 0 Å². The number of anilines is 1. The maximum absolute atomic E-state index is 9.64. The van der Waals surface area contributed by atoms with Crippen LogP contribution in [0.3, 0.4) is 0 Å². The van der Waals surface area contributed by atoms with Gasteiger partial charge in [0, 0.05) is 17.0 Å². The molecular weight excluding hydrogens is 269 g/mol. The van der Waals surface area contributed by atoms with Crippen molar-refractivity contribution in [2.75, 3.05) is 18.5 Å². The standard InChI is InChI=1S/C14H19Cl2NO/c15-11-4-5-13(12(16)8-11)17-9-14(10-18)6-2-1-3-7-14/h4-5,8,17-18H,1-3,6-7,9-10H2. The predicted octanol–water partition coefficient (Wildman–Crippen LogP) is 4.35. The van der Waals surface area contributed by atoms with Gasteiger partial charge < -0.3 is 10.4 Å². The van der Waals surface area contributed by atoms with Crippen LogP contribution in [-0.4, -0.2) is 18.3 Å². The number of nitrogens with one attached hydrogen (secondary N) is 1. The molecule has 0 aromatic heterocycles. The quantitative estimate of drug-likeness (QED) is 0.863. The molecule has 1 saturated carbocycles. The summed E-state index contributed by atoms with van der Waals surface area (Å²) in [6, 6.07) is 5.44. The molecule has 1 aromatic rings. The lowest BCUT2D eigenvalue weighted by molar-refractivity contribution is 0.0944. The second-order valence-corrected chi connectivity index (χ2v) is 6.04. The molecule has 1 aromatic carbocycles. The van der Waals surface area contributed by atoms with Gasteiger partial charge in [-0.1, -0.05) is 42.5 Å². The fourth-order valence-electron chi connectivity index (χ4n) is 2.61. The SMILES string of the molecule is OCC1(CNc2ccc(Cl)cc2Cl)CCCCC1. The van der Waals surface area contributed by atoms with E-state index in [1.807, 2.05) is 12.1 Å².